The fourth-order valence-corrected chi connectivity index (χ4v) is 1.66. The van der Waals surface area contributed by atoms with E-state index in [9.17, 15) is 9.59 Å². The van der Waals surface area contributed by atoms with E-state index in [-0.39, 0.29) is 6.54 Å². The molecule has 0 fully saturated rings. The SMILES string of the molecule is C=CCCN(CC(C=C)NC(=O)C(Cl)(Cl)Cl)C(=O)OC(C)(C)C. The molecular weight excluding hydrogens is 363 g/mol. The first-order valence-corrected chi connectivity index (χ1v) is 8.13. The number of nitrogens with one attached hydrogen (secondary N) is 1. The highest BCUT2D eigenvalue weighted by atomic mass is 35.6. The molecule has 0 bridgehead atoms. The lowest BCUT2D eigenvalue weighted by atomic mass is 10.2. The van der Waals surface area contributed by atoms with E-state index in [1.165, 1.54) is 11.0 Å². The quantitative estimate of drug-likeness (QED) is 0.535. The Morgan fingerprint density at radius 2 is 1.83 bits per heavy atom. The van der Waals surface area contributed by atoms with Gasteiger partial charge < -0.3 is 15.0 Å². The zero-order valence-electron chi connectivity index (χ0n) is 13.6. The molecule has 0 aromatic carbocycles. The van der Waals surface area contributed by atoms with Crippen molar-refractivity contribution in [1.82, 2.24) is 10.2 Å². The number of carbonyl (C=O) groups excluding carboxylic acids is 2. The molecular formula is C15H23Cl3N2O3. The van der Waals surface area contributed by atoms with Gasteiger partial charge in [0.15, 0.2) is 0 Å². The summed E-state index contributed by atoms with van der Waals surface area (Å²) in [4.78, 5) is 25.4. The standard InChI is InChI=1S/C15H23Cl3N2O3/c1-6-8-9-20(13(22)23-14(3,4)5)10-11(7-2)19-12(21)15(16,17)18/h6-7,11H,1-2,8-10H2,3-5H3,(H,19,21). The van der Waals surface area contributed by atoms with Gasteiger partial charge in [0.2, 0.25) is 0 Å². The van der Waals surface area contributed by atoms with E-state index in [2.05, 4.69) is 18.5 Å². The van der Waals surface area contributed by atoms with Crippen LogP contribution in [0.5, 0.6) is 0 Å². The van der Waals surface area contributed by atoms with Crippen molar-refractivity contribution in [2.24, 2.45) is 0 Å². The Bertz CT molecular complexity index is 442. The summed E-state index contributed by atoms with van der Waals surface area (Å²) in [6, 6.07) is -0.588. The van der Waals surface area contributed by atoms with E-state index >= 15 is 0 Å². The molecule has 5 nitrogen and oxygen atoms in total. The van der Waals surface area contributed by atoms with Crippen LogP contribution in [0.4, 0.5) is 4.79 Å². The van der Waals surface area contributed by atoms with Crippen LogP contribution in [0, 0.1) is 0 Å². The Labute approximate surface area is 152 Å². The highest BCUT2D eigenvalue weighted by Crippen LogP contribution is 2.26. The Morgan fingerprint density at radius 3 is 2.22 bits per heavy atom. The van der Waals surface area contributed by atoms with E-state index in [4.69, 9.17) is 39.5 Å². The summed E-state index contributed by atoms with van der Waals surface area (Å²) in [7, 11) is 0. The van der Waals surface area contributed by atoms with Crippen molar-refractivity contribution in [2.45, 2.75) is 42.6 Å². The van der Waals surface area contributed by atoms with Crippen molar-refractivity contribution in [2.75, 3.05) is 13.1 Å². The molecule has 0 aromatic heterocycles. The topological polar surface area (TPSA) is 58.6 Å². The summed E-state index contributed by atoms with van der Waals surface area (Å²) in [6.07, 6.45) is 3.20. The minimum atomic E-state index is -2.08. The third-order valence-electron chi connectivity index (χ3n) is 2.53. The molecule has 132 valence electrons. The molecule has 0 radical (unpaired) electrons. The highest BCUT2D eigenvalue weighted by molar-refractivity contribution is 6.76. The average Bonchev–Trinajstić information content (AvgIpc) is 2.38. The van der Waals surface area contributed by atoms with Gasteiger partial charge in [0.05, 0.1) is 6.04 Å². The third-order valence-corrected chi connectivity index (χ3v) is 3.05. The molecule has 2 amide bonds. The van der Waals surface area contributed by atoms with E-state index < -0.39 is 27.4 Å². The van der Waals surface area contributed by atoms with Crippen LogP contribution in [0.3, 0.4) is 0 Å². The van der Waals surface area contributed by atoms with Gasteiger partial charge in [-0.25, -0.2) is 4.79 Å². The zero-order valence-corrected chi connectivity index (χ0v) is 15.8. The van der Waals surface area contributed by atoms with Crippen molar-refractivity contribution in [3.63, 3.8) is 0 Å². The summed E-state index contributed by atoms with van der Waals surface area (Å²) < 4.78 is 3.26. The smallest absolute Gasteiger partial charge is 0.410 e. The van der Waals surface area contributed by atoms with Crippen LogP contribution >= 0.6 is 34.8 Å². The molecule has 1 unspecified atom stereocenters. The summed E-state index contributed by atoms with van der Waals surface area (Å²) in [5.74, 6) is -0.791. The Morgan fingerprint density at radius 1 is 1.26 bits per heavy atom. The number of alkyl halides is 3. The molecule has 0 saturated carbocycles. The molecule has 8 heteroatoms. The van der Waals surface area contributed by atoms with Crippen LogP contribution in [0.15, 0.2) is 25.3 Å². The first-order valence-electron chi connectivity index (χ1n) is 6.99. The van der Waals surface area contributed by atoms with E-state index in [0.717, 1.165) is 0 Å². The second-order valence-corrected chi connectivity index (χ2v) is 8.10. The van der Waals surface area contributed by atoms with E-state index in [0.29, 0.717) is 13.0 Å². The minimum Gasteiger partial charge on any atom is -0.444 e. The number of amides is 2. The number of carbonyl (C=O) groups is 2. The molecule has 0 rings (SSSR count). The van der Waals surface area contributed by atoms with Gasteiger partial charge in [0.25, 0.3) is 9.70 Å². The maximum absolute atomic E-state index is 12.2. The fraction of sp³-hybridized carbons (Fsp3) is 0.600. The van der Waals surface area contributed by atoms with Gasteiger partial charge >= 0.3 is 6.09 Å². The number of halogens is 3. The van der Waals surface area contributed by atoms with Gasteiger partial charge in [-0.1, -0.05) is 47.0 Å². The summed E-state index contributed by atoms with van der Waals surface area (Å²) in [6.45, 7) is 13.1. The summed E-state index contributed by atoms with van der Waals surface area (Å²) in [5, 5.41) is 2.50. The number of rotatable bonds is 7. The number of ether oxygens (including phenoxy) is 1. The molecule has 0 aliphatic rings. The molecule has 1 atom stereocenters. The Balaban J connectivity index is 4.96. The van der Waals surface area contributed by atoms with Crippen molar-refractivity contribution in [3.05, 3.63) is 25.3 Å². The van der Waals surface area contributed by atoms with Crippen molar-refractivity contribution >= 4 is 46.8 Å². The summed E-state index contributed by atoms with van der Waals surface area (Å²) >= 11 is 16.6. The maximum atomic E-state index is 12.2. The lowest BCUT2D eigenvalue weighted by molar-refractivity contribution is -0.120. The van der Waals surface area contributed by atoms with Crippen LogP contribution in [0.1, 0.15) is 27.2 Å². The third kappa shape index (κ3) is 9.74. The van der Waals surface area contributed by atoms with Gasteiger partial charge in [-0.3, -0.25) is 4.79 Å². The maximum Gasteiger partial charge on any atom is 0.410 e. The molecule has 1 N–H and O–H groups in total. The van der Waals surface area contributed by atoms with E-state index in [1.54, 1.807) is 26.8 Å². The number of hydrogen-bond donors (Lipinski definition) is 1. The predicted octanol–water partition coefficient (Wildman–Crippen LogP) is 3.84. The zero-order chi connectivity index (χ0) is 18.3. The first kappa shape index (κ1) is 22.1. The van der Waals surface area contributed by atoms with Gasteiger partial charge in [-0.15, -0.1) is 13.2 Å². The predicted molar refractivity (Wildman–Crippen MR) is 95.0 cm³/mol. The lowest BCUT2D eigenvalue weighted by Crippen LogP contribution is -2.49. The molecule has 0 aliphatic carbocycles. The first-order chi connectivity index (χ1) is 10.4. The Kier molecular flexibility index (Phi) is 9.03. The second-order valence-electron chi connectivity index (χ2n) is 5.82. The van der Waals surface area contributed by atoms with Gasteiger partial charge in [-0.05, 0) is 27.2 Å². The Hall–Kier alpha value is -0.910. The van der Waals surface area contributed by atoms with Crippen LogP contribution in [-0.2, 0) is 9.53 Å². The average molecular weight is 386 g/mol. The number of nitrogens with zero attached hydrogens (tertiary/aromatic N) is 1. The largest absolute Gasteiger partial charge is 0.444 e. The minimum absolute atomic E-state index is 0.138. The monoisotopic (exact) mass is 384 g/mol. The second kappa shape index (κ2) is 9.40. The summed E-state index contributed by atoms with van der Waals surface area (Å²) in [5.41, 5.74) is -0.631. The molecule has 23 heavy (non-hydrogen) atoms. The van der Waals surface area contributed by atoms with Crippen LogP contribution in [0.25, 0.3) is 0 Å². The molecule has 0 saturated heterocycles. The van der Waals surface area contributed by atoms with Crippen LogP contribution < -0.4 is 5.32 Å². The van der Waals surface area contributed by atoms with Crippen molar-refractivity contribution in [1.29, 1.82) is 0 Å². The molecule has 0 aromatic rings. The molecule has 0 heterocycles. The molecule has 0 spiro atoms. The van der Waals surface area contributed by atoms with E-state index in [1.807, 2.05) is 0 Å². The van der Waals surface area contributed by atoms with Crippen LogP contribution in [0.2, 0.25) is 0 Å². The van der Waals surface area contributed by atoms with Crippen molar-refractivity contribution < 1.29 is 14.3 Å². The number of hydrogen-bond acceptors (Lipinski definition) is 3. The van der Waals surface area contributed by atoms with Crippen molar-refractivity contribution in [3.8, 4) is 0 Å². The molecule has 0 aliphatic heterocycles. The lowest BCUT2D eigenvalue weighted by Gasteiger charge is -2.30. The van der Waals surface area contributed by atoms with Crippen LogP contribution in [-0.4, -0.2) is 45.4 Å². The van der Waals surface area contributed by atoms with Gasteiger partial charge in [-0.2, -0.15) is 0 Å². The highest BCUT2D eigenvalue weighted by Gasteiger charge is 2.32. The normalized spacial score (nSPS) is 13.0. The van der Waals surface area contributed by atoms with Gasteiger partial charge in [0.1, 0.15) is 5.60 Å². The fourth-order valence-electron chi connectivity index (χ4n) is 1.50. The van der Waals surface area contributed by atoms with Gasteiger partial charge in [0, 0.05) is 13.1 Å².